The standard InChI is InChI=1S/C13H14ClF2NO3/c1-7(2-3-12(18)19)6-17-13(20)8-4-10(15)11(16)5-9(8)14/h4-5,7H,2-3,6H2,1H3,(H,17,20)(H,18,19). The van der Waals surface area contributed by atoms with Crippen LogP contribution < -0.4 is 5.32 Å². The second-order valence-electron chi connectivity index (χ2n) is 4.49. The lowest BCUT2D eigenvalue weighted by Gasteiger charge is -2.12. The second-order valence-corrected chi connectivity index (χ2v) is 4.90. The predicted molar refractivity (Wildman–Crippen MR) is 69.7 cm³/mol. The summed E-state index contributed by atoms with van der Waals surface area (Å²) in [5.41, 5.74) is -0.156. The highest BCUT2D eigenvalue weighted by molar-refractivity contribution is 6.33. The minimum atomic E-state index is -1.15. The van der Waals surface area contributed by atoms with Gasteiger partial charge in [0.15, 0.2) is 11.6 Å². The van der Waals surface area contributed by atoms with Crippen molar-refractivity contribution in [2.24, 2.45) is 5.92 Å². The smallest absolute Gasteiger partial charge is 0.303 e. The van der Waals surface area contributed by atoms with Crippen LogP contribution in [0.5, 0.6) is 0 Å². The fourth-order valence-electron chi connectivity index (χ4n) is 1.53. The molecule has 0 aliphatic rings. The van der Waals surface area contributed by atoms with Crippen molar-refractivity contribution >= 4 is 23.5 Å². The second kappa shape index (κ2) is 7.19. The third-order valence-corrected chi connectivity index (χ3v) is 3.03. The molecule has 20 heavy (non-hydrogen) atoms. The molecule has 0 saturated heterocycles. The maximum atomic E-state index is 13.0. The van der Waals surface area contributed by atoms with E-state index in [1.807, 2.05) is 0 Å². The van der Waals surface area contributed by atoms with Crippen LogP contribution in [0.2, 0.25) is 5.02 Å². The van der Waals surface area contributed by atoms with Gasteiger partial charge in [0.05, 0.1) is 10.6 Å². The molecule has 110 valence electrons. The van der Waals surface area contributed by atoms with Gasteiger partial charge in [-0.25, -0.2) is 8.78 Å². The molecule has 1 aromatic rings. The summed E-state index contributed by atoms with van der Waals surface area (Å²) in [6, 6.07) is 1.47. The largest absolute Gasteiger partial charge is 0.481 e. The average Bonchev–Trinajstić information content (AvgIpc) is 2.37. The van der Waals surface area contributed by atoms with Crippen molar-refractivity contribution in [2.75, 3.05) is 6.54 Å². The van der Waals surface area contributed by atoms with Crippen molar-refractivity contribution in [3.8, 4) is 0 Å². The minimum Gasteiger partial charge on any atom is -0.481 e. The van der Waals surface area contributed by atoms with Crippen LogP contribution in [0, 0.1) is 17.6 Å². The SMILES string of the molecule is CC(CCC(=O)O)CNC(=O)c1cc(F)c(F)cc1Cl. The van der Waals surface area contributed by atoms with E-state index in [9.17, 15) is 18.4 Å². The maximum Gasteiger partial charge on any atom is 0.303 e. The molecule has 2 N–H and O–H groups in total. The van der Waals surface area contributed by atoms with E-state index in [0.717, 1.165) is 12.1 Å². The van der Waals surface area contributed by atoms with Gasteiger partial charge in [-0.2, -0.15) is 0 Å². The number of hydrogen-bond donors (Lipinski definition) is 2. The molecule has 0 radical (unpaired) electrons. The molecule has 1 atom stereocenters. The average molecular weight is 306 g/mol. The highest BCUT2D eigenvalue weighted by Crippen LogP contribution is 2.20. The summed E-state index contributed by atoms with van der Waals surface area (Å²) in [6.45, 7) is 2.00. The normalized spacial score (nSPS) is 12.0. The number of carbonyl (C=O) groups excluding carboxylic acids is 1. The Bertz CT molecular complexity index is 523. The van der Waals surface area contributed by atoms with E-state index >= 15 is 0 Å². The van der Waals surface area contributed by atoms with Crippen molar-refractivity contribution in [1.29, 1.82) is 0 Å². The summed E-state index contributed by atoms with van der Waals surface area (Å²) in [5.74, 6) is -3.87. The molecule has 0 bridgehead atoms. The highest BCUT2D eigenvalue weighted by Gasteiger charge is 2.15. The van der Waals surface area contributed by atoms with Crippen LogP contribution in [0.25, 0.3) is 0 Å². The summed E-state index contributed by atoms with van der Waals surface area (Å²) in [4.78, 5) is 22.2. The first-order chi connectivity index (χ1) is 9.31. The van der Waals surface area contributed by atoms with E-state index in [4.69, 9.17) is 16.7 Å². The van der Waals surface area contributed by atoms with Gasteiger partial charge in [-0.05, 0) is 24.5 Å². The Morgan fingerprint density at radius 2 is 1.95 bits per heavy atom. The fourth-order valence-corrected chi connectivity index (χ4v) is 1.77. The number of benzene rings is 1. The quantitative estimate of drug-likeness (QED) is 0.794. The van der Waals surface area contributed by atoms with Crippen LogP contribution in [0.4, 0.5) is 8.78 Å². The maximum absolute atomic E-state index is 13.0. The van der Waals surface area contributed by atoms with Crippen molar-refractivity contribution in [3.63, 3.8) is 0 Å². The highest BCUT2D eigenvalue weighted by atomic mass is 35.5. The molecule has 0 saturated carbocycles. The molecule has 0 aromatic heterocycles. The number of amides is 1. The Morgan fingerprint density at radius 1 is 1.35 bits per heavy atom. The number of rotatable bonds is 6. The van der Waals surface area contributed by atoms with Crippen molar-refractivity contribution < 1.29 is 23.5 Å². The van der Waals surface area contributed by atoms with Crippen LogP contribution >= 0.6 is 11.6 Å². The van der Waals surface area contributed by atoms with E-state index in [1.165, 1.54) is 0 Å². The van der Waals surface area contributed by atoms with Gasteiger partial charge in [0.1, 0.15) is 0 Å². The Hall–Kier alpha value is -1.69. The molecule has 1 amide bonds. The monoisotopic (exact) mass is 305 g/mol. The summed E-state index contributed by atoms with van der Waals surface area (Å²) < 4.78 is 25.9. The molecule has 0 heterocycles. The van der Waals surface area contributed by atoms with Gasteiger partial charge in [0.2, 0.25) is 0 Å². The van der Waals surface area contributed by atoms with Gasteiger partial charge in [0, 0.05) is 13.0 Å². The molecule has 0 spiro atoms. The summed E-state index contributed by atoms with van der Waals surface area (Å²) in [6.07, 6.45) is 0.407. The van der Waals surface area contributed by atoms with Gasteiger partial charge in [-0.3, -0.25) is 9.59 Å². The minimum absolute atomic E-state index is 0.00295. The number of carboxylic acid groups (broad SMARTS) is 1. The zero-order chi connectivity index (χ0) is 15.3. The molecule has 4 nitrogen and oxygen atoms in total. The van der Waals surface area contributed by atoms with Crippen molar-refractivity contribution in [2.45, 2.75) is 19.8 Å². The zero-order valence-electron chi connectivity index (χ0n) is 10.8. The topological polar surface area (TPSA) is 66.4 Å². The molecule has 0 fully saturated rings. The summed E-state index contributed by atoms with van der Waals surface area (Å²) >= 11 is 5.67. The Kier molecular flexibility index (Phi) is 5.88. The van der Waals surface area contributed by atoms with Gasteiger partial charge >= 0.3 is 5.97 Å². The van der Waals surface area contributed by atoms with E-state index in [1.54, 1.807) is 6.92 Å². The van der Waals surface area contributed by atoms with E-state index < -0.39 is 23.5 Å². The Morgan fingerprint density at radius 3 is 2.55 bits per heavy atom. The first-order valence-electron chi connectivity index (χ1n) is 5.95. The first kappa shape index (κ1) is 16.4. The van der Waals surface area contributed by atoms with E-state index in [-0.39, 0.29) is 29.5 Å². The first-order valence-corrected chi connectivity index (χ1v) is 6.33. The molecule has 7 heteroatoms. The molecular weight excluding hydrogens is 292 g/mol. The number of halogens is 3. The number of nitrogens with one attached hydrogen (secondary N) is 1. The Balaban J connectivity index is 2.59. The Labute approximate surface area is 119 Å². The van der Waals surface area contributed by atoms with Crippen LogP contribution in [-0.2, 0) is 4.79 Å². The number of aliphatic carboxylic acids is 1. The van der Waals surface area contributed by atoms with Gasteiger partial charge in [-0.1, -0.05) is 18.5 Å². The predicted octanol–water partition coefficient (Wildman–Crippen LogP) is 2.85. The van der Waals surface area contributed by atoms with Crippen LogP contribution in [0.1, 0.15) is 30.1 Å². The van der Waals surface area contributed by atoms with Gasteiger partial charge < -0.3 is 10.4 Å². The van der Waals surface area contributed by atoms with E-state index in [0.29, 0.717) is 6.42 Å². The van der Waals surface area contributed by atoms with Crippen molar-refractivity contribution in [3.05, 3.63) is 34.4 Å². The molecule has 0 aliphatic carbocycles. The van der Waals surface area contributed by atoms with Crippen LogP contribution in [0.15, 0.2) is 12.1 Å². The summed E-state index contributed by atoms with van der Waals surface area (Å²) in [7, 11) is 0. The van der Waals surface area contributed by atoms with Gasteiger partial charge in [0.25, 0.3) is 5.91 Å². The molecule has 1 rings (SSSR count). The molecule has 0 aliphatic heterocycles. The zero-order valence-corrected chi connectivity index (χ0v) is 11.5. The third-order valence-electron chi connectivity index (χ3n) is 2.72. The van der Waals surface area contributed by atoms with Gasteiger partial charge in [-0.15, -0.1) is 0 Å². The van der Waals surface area contributed by atoms with Crippen LogP contribution in [-0.4, -0.2) is 23.5 Å². The lowest BCUT2D eigenvalue weighted by molar-refractivity contribution is -0.137. The number of carbonyl (C=O) groups is 2. The number of carboxylic acids is 1. The third kappa shape index (κ3) is 4.77. The number of hydrogen-bond acceptors (Lipinski definition) is 2. The lowest BCUT2D eigenvalue weighted by atomic mass is 10.1. The molecule has 1 aromatic carbocycles. The molecular formula is C13H14ClF2NO3. The summed E-state index contributed by atoms with van der Waals surface area (Å²) in [5, 5.41) is 10.9. The van der Waals surface area contributed by atoms with E-state index in [2.05, 4.69) is 5.32 Å². The lowest BCUT2D eigenvalue weighted by Crippen LogP contribution is -2.29. The fraction of sp³-hybridized carbons (Fsp3) is 0.385. The van der Waals surface area contributed by atoms with Crippen LogP contribution in [0.3, 0.4) is 0 Å². The molecule has 1 unspecified atom stereocenters. The van der Waals surface area contributed by atoms with Crippen molar-refractivity contribution in [1.82, 2.24) is 5.32 Å².